The molecule has 0 aromatic rings. The van der Waals surface area contributed by atoms with Crippen LogP contribution < -0.4 is 5.73 Å². The van der Waals surface area contributed by atoms with Gasteiger partial charge in [0.15, 0.2) is 0 Å². The minimum Gasteiger partial charge on any atom is -0.373 e. The Morgan fingerprint density at radius 1 is 1.31 bits per heavy atom. The van der Waals surface area contributed by atoms with Crippen molar-refractivity contribution in [1.82, 2.24) is 0 Å². The van der Waals surface area contributed by atoms with E-state index in [1.807, 2.05) is 0 Å². The number of hydrogen-bond acceptors (Lipinski definition) is 2. The van der Waals surface area contributed by atoms with Gasteiger partial charge in [0, 0.05) is 12.6 Å². The third-order valence-corrected chi connectivity index (χ3v) is 4.02. The maximum atomic E-state index is 6.11. The minimum atomic E-state index is 0.0890. The number of hydrogen-bond donors (Lipinski definition) is 1. The number of rotatable bonds is 1. The highest BCUT2D eigenvalue weighted by Gasteiger charge is 2.44. The summed E-state index contributed by atoms with van der Waals surface area (Å²) in [5.74, 6) is 0.932. The maximum Gasteiger partial charge on any atom is 0.0833 e. The van der Waals surface area contributed by atoms with Crippen molar-refractivity contribution in [2.24, 2.45) is 11.7 Å². The molecule has 1 saturated carbocycles. The SMILES string of the molecule is CCC1CCC2(CC1)OCCC2N. The van der Waals surface area contributed by atoms with Crippen LogP contribution in [-0.4, -0.2) is 18.2 Å². The molecule has 0 bridgehead atoms. The summed E-state index contributed by atoms with van der Waals surface area (Å²) in [5, 5.41) is 0. The van der Waals surface area contributed by atoms with Crippen molar-refractivity contribution in [3.8, 4) is 0 Å². The molecule has 1 spiro atoms. The van der Waals surface area contributed by atoms with Crippen molar-refractivity contribution in [3.63, 3.8) is 0 Å². The summed E-state index contributed by atoms with van der Waals surface area (Å²) < 4.78 is 5.86. The molecule has 0 aromatic carbocycles. The van der Waals surface area contributed by atoms with E-state index >= 15 is 0 Å². The molecule has 2 nitrogen and oxygen atoms in total. The molecule has 13 heavy (non-hydrogen) atoms. The molecule has 1 atom stereocenters. The third-order valence-electron chi connectivity index (χ3n) is 4.02. The topological polar surface area (TPSA) is 35.2 Å². The molecule has 0 amide bonds. The van der Waals surface area contributed by atoms with Crippen molar-refractivity contribution in [2.45, 2.75) is 57.1 Å². The first-order valence-corrected chi connectivity index (χ1v) is 5.66. The van der Waals surface area contributed by atoms with Gasteiger partial charge < -0.3 is 10.5 Å². The van der Waals surface area contributed by atoms with Gasteiger partial charge in [-0.25, -0.2) is 0 Å². The van der Waals surface area contributed by atoms with Crippen LogP contribution in [0.25, 0.3) is 0 Å². The van der Waals surface area contributed by atoms with Crippen LogP contribution in [0.2, 0.25) is 0 Å². The van der Waals surface area contributed by atoms with Crippen molar-refractivity contribution in [2.75, 3.05) is 6.61 Å². The van der Waals surface area contributed by atoms with Gasteiger partial charge in [0.2, 0.25) is 0 Å². The zero-order valence-corrected chi connectivity index (χ0v) is 8.59. The molecular weight excluding hydrogens is 162 g/mol. The normalized spacial score (nSPS) is 45.7. The zero-order valence-electron chi connectivity index (χ0n) is 8.59. The molecule has 2 aliphatic rings. The molecule has 2 N–H and O–H groups in total. The quantitative estimate of drug-likeness (QED) is 0.675. The Labute approximate surface area is 80.8 Å². The molecule has 1 heterocycles. The molecule has 1 unspecified atom stereocenters. The second kappa shape index (κ2) is 3.58. The Balaban J connectivity index is 1.95. The lowest BCUT2D eigenvalue weighted by molar-refractivity contribution is -0.0428. The molecule has 2 rings (SSSR count). The van der Waals surface area contributed by atoms with Crippen LogP contribution in [0.15, 0.2) is 0 Å². The molecule has 1 saturated heterocycles. The summed E-state index contributed by atoms with van der Waals surface area (Å²) in [6.45, 7) is 3.18. The molecular formula is C11H21NO. The maximum absolute atomic E-state index is 6.11. The highest BCUT2D eigenvalue weighted by Crippen LogP contribution is 2.41. The van der Waals surface area contributed by atoms with Crippen LogP contribution in [0.1, 0.15) is 45.4 Å². The lowest BCUT2D eigenvalue weighted by Gasteiger charge is -2.39. The smallest absolute Gasteiger partial charge is 0.0833 e. The summed E-state index contributed by atoms with van der Waals surface area (Å²) in [6, 6.07) is 0.310. The fourth-order valence-corrected chi connectivity index (χ4v) is 2.85. The van der Waals surface area contributed by atoms with Gasteiger partial charge in [-0.05, 0) is 38.0 Å². The molecule has 1 aliphatic carbocycles. The molecule has 1 aliphatic heterocycles. The van der Waals surface area contributed by atoms with E-state index < -0.39 is 0 Å². The van der Waals surface area contributed by atoms with Crippen LogP contribution in [0, 0.1) is 5.92 Å². The van der Waals surface area contributed by atoms with Crippen LogP contribution in [0.5, 0.6) is 0 Å². The zero-order chi connectivity index (χ0) is 9.31. The summed E-state index contributed by atoms with van der Waals surface area (Å²) in [4.78, 5) is 0. The van der Waals surface area contributed by atoms with Crippen LogP contribution in [-0.2, 0) is 4.74 Å². The fraction of sp³-hybridized carbons (Fsp3) is 1.00. The van der Waals surface area contributed by atoms with Crippen molar-refractivity contribution >= 4 is 0 Å². The summed E-state index contributed by atoms with van der Waals surface area (Å²) in [7, 11) is 0. The lowest BCUT2D eigenvalue weighted by atomic mass is 9.75. The Morgan fingerprint density at radius 3 is 2.46 bits per heavy atom. The Hall–Kier alpha value is -0.0800. The van der Waals surface area contributed by atoms with E-state index in [0.29, 0.717) is 6.04 Å². The van der Waals surface area contributed by atoms with Crippen LogP contribution >= 0.6 is 0 Å². The lowest BCUT2D eigenvalue weighted by Crippen LogP contribution is -2.47. The molecule has 2 fully saturated rings. The Bertz CT molecular complexity index is 173. The first-order chi connectivity index (χ1) is 6.27. The Kier molecular flexibility index (Phi) is 2.61. The van der Waals surface area contributed by atoms with Crippen molar-refractivity contribution < 1.29 is 4.74 Å². The van der Waals surface area contributed by atoms with E-state index in [-0.39, 0.29) is 5.60 Å². The average Bonchev–Trinajstić information content (AvgIpc) is 2.50. The third kappa shape index (κ3) is 1.62. The van der Waals surface area contributed by atoms with E-state index in [0.717, 1.165) is 18.9 Å². The summed E-state index contributed by atoms with van der Waals surface area (Å²) in [6.07, 6.45) is 7.44. The van der Waals surface area contributed by atoms with Gasteiger partial charge in [0.25, 0.3) is 0 Å². The fourth-order valence-electron chi connectivity index (χ4n) is 2.85. The van der Waals surface area contributed by atoms with Gasteiger partial charge in [-0.3, -0.25) is 0 Å². The first kappa shape index (κ1) is 9.47. The van der Waals surface area contributed by atoms with E-state index in [4.69, 9.17) is 10.5 Å². The van der Waals surface area contributed by atoms with Gasteiger partial charge in [0.1, 0.15) is 0 Å². The minimum absolute atomic E-state index is 0.0890. The van der Waals surface area contributed by atoms with Gasteiger partial charge >= 0.3 is 0 Å². The number of ether oxygens (including phenoxy) is 1. The monoisotopic (exact) mass is 183 g/mol. The summed E-state index contributed by atoms with van der Waals surface area (Å²) >= 11 is 0. The van der Waals surface area contributed by atoms with Crippen LogP contribution in [0.3, 0.4) is 0 Å². The van der Waals surface area contributed by atoms with E-state index in [1.54, 1.807) is 0 Å². The predicted molar refractivity (Wildman–Crippen MR) is 53.5 cm³/mol. The number of nitrogens with two attached hydrogens (primary N) is 1. The second-order valence-corrected chi connectivity index (χ2v) is 4.66. The van der Waals surface area contributed by atoms with Gasteiger partial charge in [-0.15, -0.1) is 0 Å². The predicted octanol–water partition coefficient (Wildman–Crippen LogP) is 2.07. The van der Waals surface area contributed by atoms with E-state index in [1.165, 1.54) is 32.1 Å². The molecule has 76 valence electrons. The second-order valence-electron chi connectivity index (χ2n) is 4.66. The standard InChI is InChI=1S/C11H21NO/c1-2-9-3-6-11(7-4-9)10(12)5-8-13-11/h9-10H,2-8,12H2,1H3. The van der Waals surface area contributed by atoms with Crippen molar-refractivity contribution in [3.05, 3.63) is 0 Å². The van der Waals surface area contributed by atoms with Gasteiger partial charge in [-0.1, -0.05) is 13.3 Å². The Morgan fingerprint density at radius 2 is 2.00 bits per heavy atom. The molecule has 0 aromatic heterocycles. The first-order valence-electron chi connectivity index (χ1n) is 5.66. The van der Waals surface area contributed by atoms with Crippen molar-refractivity contribution in [1.29, 1.82) is 0 Å². The van der Waals surface area contributed by atoms with Gasteiger partial charge in [-0.2, -0.15) is 0 Å². The van der Waals surface area contributed by atoms with E-state index in [9.17, 15) is 0 Å². The van der Waals surface area contributed by atoms with Crippen LogP contribution in [0.4, 0.5) is 0 Å². The highest BCUT2D eigenvalue weighted by molar-refractivity contribution is 4.98. The summed E-state index contributed by atoms with van der Waals surface area (Å²) in [5.41, 5.74) is 6.20. The largest absolute Gasteiger partial charge is 0.373 e. The highest BCUT2D eigenvalue weighted by atomic mass is 16.5. The van der Waals surface area contributed by atoms with E-state index in [2.05, 4.69) is 6.92 Å². The molecule has 2 heteroatoms. The average molecular weight is 183 g/mol. The molecule has 0 radical (unpaired) electrons. The van der Waals surface area contributed by atoms with Gasteiger partial charge in [0.05, 0.1) is 5.60 Å².